The van der Waals surface area contributed by atoms with Crippen molar-refractivity contribution in [1.82, 2.24) is 14.8 Å². The van der Waals surface area contributed by atoms with Crippen LogP contribution in [-0.2, 0) is 21.8 Å². The molecule has 1 saturated heterocycles. The zero-order valence-corrected chi connectivity index (χ0v) is 16.3. The summed E-state index contributed by atoms with van der Waals surface area (Å²) >= 11 is 12.5. The maximum atomic E-state index is 6.58. The zero-order chi connectivity index (χ0) is 19.6. The minimum Gasteiger partial charge on any atom is -0.457 e. The van der Waals surface area contributed by atoms with Gasteiger partial charge in [-0.2, -0.15) is 5.10 Å². The van der Waals surface area contributed by atoms with Gasteiger partial charge in [0.2, 0.25) is 5.79 Å². The van der Waals surface area contributed by atoms with E-state index >= 15 is 0 Å². The summed E-state index contributed by atoms with van der Waals surface area (Å²) in [7, 11) is 0. The summed E-state index contributed by atoms with van der Waals surface area (Å²) < 4.78 is 19.6. The van der Waals surface area contributed by atoms with E-state index in [-0.39, 0.29) is 6.10 Å². The monoisotopic (exact) mass is 420 g/mol. The molecule has 9 heteroatoms. The Hall–Kier alpha value is -2.16. The lowest BCUT2D eigenvalue weighted by Gasteiger charge is -2.29. The van der Waals surface area contributed by atoms with Crippen molar-refractivity contribution in [3.8, 4) is 11.5 Å². The largest absolute Gasteiger partial charge is 0.457 e. The Kier molecular flexibility index (Phi) is 5.52. The number of hydrogen-bond donors (Lipinski definition) is 1. The molecule has 0 amide bonds. The second kappa shape index (κ2) is 8.06. The SMILES string of the molecule is NCC1COC(Cn2cncn2)(c2ccc(Oc3ccc(Cl)cc3)cc2Cl)O1. The van der Waals surface area contributed by atoms with Crippen molar-refractivity contribution in [3.63, 3.8) is 0 Å². The molecule has 1 aromatic heterocycles. The third-order valence-corrected chi connectivity index (χ3v) is 4.92. The van der Waals surface area contributed by atoms with Gasteiger partial charge in [0.05, 0.1) is 17.7 Å². The van der Waals surface area contributed by atoms with Gasteiger partial charge in [-0.15, -0.1) is 0 Å². The molecule has 3 aromatic rings. The van der Waals surface area contributed by atoms with Crippen molar-refractivity contribution < 1.29 is 14.2 Å². The second-order valence-electron chi connectivity index (χ2n) is 6.33. The van der Waals surface area contributed by atoms with E-state index in [0.717, 1.165) is 0 Å². The fourth-order valence-corrected chi connectivity index (χ4v) is 3.47. The van der Waals surface area contributed by atoms with E-state index < -0.39 is 5.79 Å². The Morgan fingerprint density at radius 2 is 1.96 bits per heavy atom. The molecule has 7 nitrogen and oxygen atoms in total. The van der Waals surface area contributed by atoms with Crippen LogP contribution in [0.5, 0.6) is 11.5 Å². The Morgan fingerprint density at radius 1 is 1.18 bits per heavy atom. The number of hydrogen-bond acceptors (Lipinski definition) is 6. The smallest absolute Gasteiger partial charge is 0.217 e. The van der Waals surface area contributed by atoms with Gasteiger partial charge in [0.1, 0.15) is 30.7 Å². The topological polar surface area (TPSA) is 84.4 Å². The van der Waals surface area contributed by atoms with Gasteiger partial charge in [-0.1, -0.05) is 23.2 Å². The predicted molar refractivity (Wildman–Crippen MR) is 105 cm³/mol. The summed E-state index contributed by atoms with van der Waals surface area (Å²) in [4.78, 5) is 3.97. The van der Waals surface area contributed by atoms with Crippen LogP contribution in [0.2, 0.25) is 10.0 Å². The van der Waals surface area contributed by atoms with Crippen LogP contribution < -0.4 is 10.5 Å². The molecule has 4 rings (SSSR count). The van der Waals surface area contributed by atoms with Gasteiger partial charge in [-0.3, -0.25) is 0 Å². The molecule has 2 atom stereocenters. The van der Waals surface area contributed by atoms with E-state index in [1.807, 2.05) is 6.07 Å². The first-order chi connectivity index (χ1) is 13.6. The molecule has 1 fully saturated rings. The predicted octanol–water partition coefficient (Wildman–Crippen LogP) is 3.60. The molecule has 1 aliphatic rings. The van der Waals surface area contributed by atoms with Crippen molar-refractivity contribution in [2.24, 2.45) is 5.73 Å². The van der Waals surface area contributed by atoms with Crippen LogP contribution in [0.25, 0.3) is 0 Å². The van der Waals surface area contributed by atoms with Gasteiger partial charge in [-0.25, -0.2) is 9.67 Å². The summed E-state index contributed by atoms with van der Waals surface area (Å²) in [6.45, 7) is 1.000. The number of halogens is 2. The lowest BCUT2D eigenvalue weighted by atomic mass is 10.1. The molecule has 0 radical (unpaired) electrons. The average Bonchev–Trinajstić information content (AvgIpc) is 3.34. The third-order valence-electron chi connectivity index (χ3n) is 4.36. The molecule has 2 aromatic carbocycles. The molecule has 0 spiro atoms. The molecule has 0 aliphatic carbocycles. The Morgan fingerprint density at radius 3 is 2.61 bits per heavy atom. The first-order valence-corrected chi connectivity index (χ1v) is 9.41. The average molecular weight is 421 g/mol. The van der Waals surface area contributed by atoms with E-state index in [2.05, 4.69) is 10.1 Å². The van der Waals surface area contributed by atoms with Gasteiger partial charge in [0, 0.05) is 17.1 Å². The molecular weight excluding hydrogens is 403 g/mol. The number of nitrogens with two attached hydrogens (primary N) is 1. The Bertz CT molecular complexity index is 937. The quantitative estimate of drug-likeness (QED) is 0.655. The van der Waals surface area contributed by atoms with E-state index in [0.29, 0.717) is 46.8 Å². The molecule has 146 valence electrons. The van der Waals surface area contributed by atoms with Crippen molar-refractivity contribution in [2.75, 3.05) is 13.2 Å². The Labute approximate surface area is 171 Å². The third kappa shape index (κ3) is 3.99. The van der Waals surface area contributed by atoms with E-state index in [9.17, 15) is 0 Å². The van der Waals surface area contributed by atoms with Crippen molar-refractivity contribution in [2.45, 2.75) is 18.4 Å². The highest BCUT2D eigenvalue weighted by molar-refractivity contribution is 6.31. The molecule has 1 aliphatic heterocycles. The van der Waals surface area contributed by atoms with Gasteiger partial charge >= 0.3 is 0 Å². The molecule has 2 unspecified atom stereocenters. The highest BCUT2D eigenvalue weighted by Crippen LogP contribution is 2.41. The highest BCUT2D eigenvalue weighted by Gasteiger charge is 2.45. The minimum absolute atomic E-state index is 0.232. The lowest BCUT2D eigenvalue weighted by Crippen LogP contribution is -2.35. The molecule has 0 saturated carbocycles. The summed E-state index contributed by atoms with van der Waals surface area (Å²) in [5, 5.41) is 5.24. The van der Waals surface area contributed by atoms with Crippen LogP contribution >= 0.6 is 23.2 Å². The first kappa shape index (κ1) is 19.2. The summed E-state index contributed by atoms with van der Waals surface area (Å²) in [6.07, 6.45) is 2.81. The van der Waals surface area contributed by atoms with Crippen LogP contribution in [0.15, 0.2) is 55.1 Å². The van der Waals surface area contributed by atoms with Gasteiger partial charge in [-0.05, 0) is 42.5 Å². The van der Waals surface area contributed by atoms with Gasteiger partial charge < -0.3 is 19.9 Å². The highest BCUT2D eigenvalue weighted by atomic mass is 35.5. The normalized spacial score (nSPS) is 21.8. The first-order valence-electron chi connectivity index (χ1n) is 8.66. The lowest BCUT2D eigenvalue weighted by molar-refractivity contribution is -0.187. The fourth-order valence-electron chi connectivity index (χ4n) is 3.02. The van der Waals surface area contributed by atoms with Gasteiger partial charge in [0.15, 0.2) is 0 Å². The summed E-state index contributed by atoms with van der Waals surface area (Å²) in [6, 6.07) is 12.4. The fraction of sp³-hybridized carbons (Fsp3) is 0.263. The molecule has 2 heterocycles. The van der Waals surface area contributed by atoms with Gasteiger partial charge in [0.25, 0.3) is 0 Å². The van der Waals surface area contributed by atoms with Crippen LogP contribution in [0.4, 0.5) is 0 Å². The molecule has 28 heavy (non-hydrogen) atoms. The van der Waals surface area contributed by atoms with Crippen LogP contribution in [0, 0.1) is 0 Å². The van der Waals surface area contributed by atoms with Crippen LogP contribution in [-0.4, -0.2) is 34.0 Å². The van der Waals surface area contributed by atoms with Crippen molar-refractivity contribution >= 4 is 23.2 Å². The number of nitrogens with zero attached hydrogens (tertiary/aromatic N) is 3. The maximum Gasteiger partial charge on any atom is 0.217 e. The van der Waals surface area contributed by atoms with Crippen LogP contribution in [0.1, 0.15) is 5.56 Å². The standard InChI is InChI=1S/C19H18Cl2N4O3/c20-13-1-3-14(4-2-13)27-15-5-6-17(18(21)7-15)19(10-25-12-23-11-24-25)26-9-16(8-22)28-19/h1-7,11-12,16H,8-10,22H2. The number of aromatic nitrogens is 3. The van der Waals surface area contributed by atoms with E-state index in [4.69, 9.17) is 43.1 Å². The van der Waals surface area contributed by atoms with E-state index in [1.165, 1.54) is 6.33 Å². The summed E-state index contributed by atoms with van der Waals surface area (Å²) in [5.74, 6) is 0.135. The maximum absolute atomic E-state index is 6.58. The molecule has 0 bridgehead atoms. The number of ether oxygens (including phenoxy) is 3. The van der Waals surface area contributed by atoms with Crippen LogP contribution in [0.3, 0.4) is 0 Å². The molecular formula is C19H18Cl2N4O3. The van der Waals surface area contributed by atoms with Crippen molar-refractivity contribution in [3.05, 3.63) is 70.7 Å². The summed E-state index contributed by atoms with van der Waals surface area (Å²) in [5.41, 5.74) is 6.43. The Balaban J connectivity index is 1.62. The number of rotatable bonds is 6. The second-order valence-corrected chi connectivity index (χ2v) is 7.17. The zero-order valence-electron chi connectivity index (χ0n) is 14.8. The minimum atomic E-state index is -1.10. The molecule has 2 N–H and O–H groups in total. The van der Waals surface area contributed by atoms with E-state index in [1.54, 1.807) is 47.4 Å². The van der Waals surface area contributed by atoms with Crippen molar-refractivity contribution in [1.29, 1.82) is 0 Å². The number of benzene rings is 2.